The van der Waals surface area contributed by atoms with Crippen LogP contribution in [0.5, 0.6) is 11.5 Å². The van der Waals surface area contributed by atoms with Crippen molar-refractivity contribution in [1.82, 2.24) is 4.98 Å². The SMILES string of the molecule is COc1ccc(Cc2ccc(Cl)cn2)cc1OC. The molecule has 3 nitrogen and oxygen atoms in total. The van der Waals surface area contributed by atoms with Crippen LogP contribution in [0.15, 0.2) is 36.5 Å². The van der Waals surface area contributed by atoms with Crippen molar-refractivity contribution in [3.8, 4) is 11.5 Å². The maximum absolute atomic E-state index is 5.80. The van der Waals surface area contributed by atoms with Crippen LogP contribution in [-0.4, -0.2) is 19.2 Å². The first-order valence-electron chi connectivity index (χ1n) is 5.54. The van der Waals surface area contributed by atoms with E-state index >= 15 is 0 Å². The zero-order chi connectivity index (χ0) is 13.0. The summed E-state index contributed by atoms with van der Waals surface area (Å²) in [5, 5.41) is 0.645. The zero-order valence-electron chi connectivity index (χ0n) is 10.3. The van der Waals surface area contributed by atoms with Crippen LogP contribution in [0.4, 0.5) is 0 Å². The molecule has 1 heterocycles. The highest BCUT2D eigenvalue weighted by atomic mass is 35.5. The molecule has 0 atom stereocenters. The van der Waals surface area contributed by atoms with E-state index in [1.54, 1.807) is 20.4 Å². The predicted molar refractivity (Wildman–Crippen MR) is 71.6 cm³/mol. The zero-order valence-corrected chi connectivity index (χ0v) is 11.1. The summed E-state index contributed by atoms with van der Waals surface area (Å²) in [6.45, 7) is 0. The molecular weight excluding hydrogens is 250 g/mol. The van der Waals surface area contributed by atoms with E-state index in [0.717, 1.165) is 29.2 Å². The average Bonchev–Trinajstić information content (AvgIpc) is 2.41. The molecule has 0 fully saturated rings. The van der Waals surface area contributed by atoms with E-state index in [1.165, 1.54) is 0 Å². The first-order valence-corrected chi connectivity index (χ1v) is 5.92. The van der Waals surface area contributed by atoms with Crippen LogP contribution in [0.2, 0.25) is 5.02 Å². The van der Waals surface area contributed by atoms with Gasteiger partial charge in [-0.1, -0.05) is 17.7 Å². The van der Waals surface area contributed by atoms with E-state index in [4.69, 9.17) is 21.1 Å². The second-order valence-corrected chi connectivity index (χ2v) is 4.27. The molecule has 0 aliphatic rings. The Morgan fingerprint density at radius 2 is 1.83 bits per heavy atom. The number of ether oxygens (including phenoxy) is 2. The average molecular weight is 264 g/mol. The van der Waals surface area contributed by atoms with Gasteiger partial charge in [-0.3, -0.25) is 4.98 Å². The molecule has 1 aromatic heterocycles. The molecule has 0 aliphatic carbocycles. The summed E-state index contributed by atoms with van der Waals surface area (Å²) in [4.78, 5) is 4.27. The summed E-state index contributed by atoms with van der Waals surface area (Å²) >= 11 is 5.80. The van der Waals surface area contributed by atoms with Crippen molar-refractivity contribution in [2.45, 2.75) is 6.42 Å². The minimum atomic E-state index is 0.645. The lowest BCUT2D eigenvalue weighted by atomic mass is 10.1. The second kappa shape index (κ2) is 5.74. The van der Waals surface area contributed by atoms with Crippen LogP contribution in [0.3, 0.4) is 0 Å². The molecule has 0 radical (unpaired) electrons. The van der Waals surface area contributed by atoms with Gasteiger partial charge in [0.2, 0.25) is 0 Å². The third-order valence-corrected chi connectivity index (χ3v) is 2.85. The van der Waals surface area contributed by atoms with Crippen molar-refractivity contribution >= 4 is 11.6 Å². The van der Waals surface area contributed by atoms with E-state index in [1.807, 2.05) is 30.3 Å². The maximum atomic E-state index is 5.80. The molecular formula is C14H14ClNO2. The monoisotopic (exact) mass is 263 g/mol. The Bertz CT molecular complexity index is 526. The molecule has 2 aromatic rings. The summed E-state index contributed by atoms with van der Waals surface area (Å²) in [6.07, 6.45) is 2.38. The summed E-state index contributed by atoms with van der Waals surface area (Å²) in [5.41, 5.74) is 2.08. The van der Waals surface area contributed by atoms with Crippen LogP contribution in [0.25, 0.3) is 0 Å². The van der Waals surface area contributed by atoms with E-state index < -0.39 is 0 Å². The number of rotatable bonds is 4. The van der Waals surface area contributed by atoms with Gasteiger partial charge in [0.05, 0.1) is 19.2 Å². The summed E-state index contributed by atoms with van der Waals surface area (Å²) < 4.78 is 10.5. The van der Waals surface area contributed by atoms with Gasteiger partial charge in [0.25, 0.3) is 0 Å². The fraction of sp³-hybridized carbons (Fsp3) is 0.214. The largest absolute Gasteiger partial charge is 0.493 e. The number of hydrogen-bond acceptors (Lipinski definition) is 3. The van der Waals surface area contributed by atoms with Gasteiger partial charge in [-0.25, -0.2) is 0 Å². The number of methoxy groups -OCH3 is 2. The second-order valence-electron chi connectivity index (χ2n) is 3.83. The number of nitrogens with zero attached hydrogens (tertiary/aromatic N) is 1. The maximum Gasteiger partial charge on any atom is 0.160 e. The Hall–Kier alpha value is -1.74. The van der Waals surface area contributed by atoms with Crippen LogP contribution >= 0.6 is 11.6 Å². The molecule has 2 rings (SSSR count). The first-order chi connectivity index (χ1) is 8.72. The van der Waals surface area contributed by atoms with Gasteiger partial charge in [-0.2, -0.15) is 0 Å². The lowest BCUT2D eigenvalue weighted by molar-refractivity contribution is 0.354. The number of hydrogen-bond donors (Lipinski definition) is 0. The molecule has 0 N–H and O–H groups in total. The molecule has 0 aliphatic heterocycles. The first kappa shape index (κ1) is 12.7. The van der Waals surface area contributed by atoms with Crippen LogP contribution in [0.1, 0.15) is 11.3 Å². The van der Waals surface area contributed by atoms with Crippen molar-refractivity contribution in [2.24, 2.45) is 0 Å². The molecule has 94 valence electrons. The quantitative estimate of drug-likeness (QED) is 0.848. The third-order valence-electron chi connectivity index (χ3n) is 2.62. The molecule has 0 unspecified atom stereocenters. The van der Waals surface area contributed by atoms with E-state index in [-0.39, 0.29) is 0 Å². The Balaban J connectivity index is 2.21. The molecule has 0 saturated heterocycles. The standard InChI is InChI=1S/C14H14ClNO2/c1-17-13-6-3-10(8-14(13)18-2)7-12-5-4-11(15)9-16-12/h3-6,8-9H,7H2,1-2H3. The lowest BCUT2D eigenvalue weighted by Crippen LogP contribution is -1.95. The number of aromatic nitrogens is 1. The number of benzene rings is 1. The van der Waals surface area contributed by atoms with Crippen LogP contribution < -0.4 is 9.47 Å². The van der Waals surface area contributed by atoms with Crippen molar-refractivity contribution in [3.63, 3.8) is 0 Å². The number of halogens is 1. The van der Waals surface area contributed by atoms with Crippen molar-refractivity contribution in [3.05, 3.63) is 52.8 Å². The normalized spacial score (nSPS) is 10.2. The summed E-state index contributed by atoms with van der Waals surface area (Å²) in [5.74, 6) is 1.45. The lowest BCUT2D eigenvalue weighted by Gasteiger charge is -2.09. The van der Waals surface area contributed by atoms with Gasteiger partial charge >= 0.3 is 0 Å². The highest BCUT2D eigenvalue weighted by molar-refractivity contribution is 6.30. The number of pyridine rings is 1. The van der Waals surface area contributed by atoms with Crippen molar-refractivity contribution in [2.75, 3.05) is 14.2 Å². The molecule has 0 bridgehead atoms. The van der Waals surface area contributed by atoms with Crippen LogP contribution in [-0.2, 0) is 6.42 Å². The molecule has 0 spiro atoms. The van der Waals surface area contributed by atoms with E-state index in [9.17, 15) is 0 Å². The van der Waals surface area contributed by atoms with Gasteiger partial charge in [0, 0.05) is 18.3 Å². The van der Waals surface area contributed by atoms with Crippen molar-refractivity contribution < 1.29 is 9.47 Å². The van der Waals surface area contributed by atoms with Gasteiger partial charge in [-0.15, -0.1) is 0 Å². The van der Waals surface area contributed by atoms with Gasteiger partial charge < -0.3 is 9.47 Å². The van der Waals surface area contributed by atoms with E-state index in [2.05, 4.69) is 4.98 Å². The molecule has 1 aromatic carbocycles. The highest BCUT2D eigenvalue weighted by Gasteiger charge is 2.05. The van der Waals surface area contributed by atoms with Crippen LogP contribution in [0, 0.1) is 0 Å². The summed E-state index contributed by atoms with van der Waals surface area (Å²) in [6, 6.07) is 9.60. The fourth-order valence-corrected chi connectivity index (χ4v) is 1.82. The Morgan fingerprint density at radius 3 is 2.44 bits per heavy atom. The minimum Gasteiger partial charge on any atom is -0.493 e. The third kappa shape index (κ3) is 2.93. The van der Waals surface area contributed by atoms with Gasteiger partial charge in [0.15, 0.2) is 11.5 Å². The minimum absolute atomic E-state index is 0.645. The fourth-order valence-electron chi connectivity index (χ4n) is 1.71. The van der Waals surface area contributed by atoms with Gasteiger partial charge in [-0.05, 0) is 29.8 Å². The predicted octanol–water partition coefficient (Wildman–Crippen LogP) is 3.34. The molecule has 0 saturated carbocycles. The van der Waals surface area contributed by atoms with Gasteiger partial charge in [0.1, 0.15) is 0 Å². The molecule has 18 heavy (non-hydrogen) atoms. The van der Waals surface area contributed by atoms with Crippen molar-refractivity contribution in [1.29, 1.82) is 0 Å². The smallest absolute Gasteiger partial charge is 0.160 e. The Kier molecular flexibility index (Phi) is 4.05. The molecule has 0 amide bonds. The van der Waals surface area contributed by atoms with E-state index in [0.29, 0.717) is 5.02 Å². The highest BCUT2D eigenvalue weighted by Crippen LogP contribution is 2.28. The topological polar surface area (TPSA) is 31.4 Å². The Morgan fingerprint density at radius 1 is 1.06 bits per heavy atom. The summed E-state index contributed by atoms with van der Waals surface area (Å²) in [7, 11) is 3.25. The molecule has 4 heteroatoms. The Labute approximate surface area is 111 Å².